The third kappa shape index (κ3) is 4.24. The highest BCUT2D eigenvalue weighted by molar-refractivity contribution is 5.92. The second-order valence-corrected chi connectivity index (χ2v) is 4.59. The van der Waals surface area contributed by atoms with Gasteiger partial charge in [-0.3, -0.25) is 19.7 Å². The Balaban J connectivity index is 1.90. The minimum atomic E-state index is -4.47. The lowest BCUT2D eigenvalue weighted by Crippen LogP contribution is -2.27. The average Bonchev–Trinajstić information content (AvgIpc) is 2.46. The lowest BCUT2D eigenvalue weighted by molar-refractivity contribution is -0.137. The molecule has 22 heavy (non-hydrogen) atoms. The first kappa shape index (κ1) is 15.9. The summed E-state index contributed by atoms with van der Waals surface area (Å²) in [5, 5.41) is 2.57. The summed E-state index contributed by atoms with van der Waals surface area (Å²) in [6.45, 7) is 2.10. The number of carbonyl (C=O) groups is 1. The number of aryl methyl sites for hydroxylation is 1. The number of halogens is 3. The van der Waals surface area contributed by atoms with Gasteiger partial charge in [-0.25, -0.2) is 0 Å². The number of amides is 1. The fourth-order valence-electron chi connectivity index (χ4n) is 1.73. The van der Waals surface area contributed by atoms with Crippen LogP contribution in [0.4, 0.5) is 13.2 Å². The van der Waals surface area contributed by atoms with Crippen molar-refractivity contribution in [3.63, 3.8) is 0 Å². The molecule has 5 nitrogen and oxygen atoms in total. The summed E-state index contributed by atoms with van der Waals surface area (Å²) < 4.78 is 37.2. The molecule has 0 fully saturated rings. The van der Waals surface area contributed by atoms with Crippen LogP contribution in [0.1, 0.15) is 27.4 Å². The van der Waals surface area contributed by atoms with Crippen molar-refractivity contribution in [1.29, 1.82) is 0 Å². The summed E-state index contributed by atoms with van der Waals surface area (Å²) in [5.41, 5.74) is 0.538. The van der Waals surface area contributed by atoms with Crippen LogP contribution in [-0.4, -0.2) is 27.4 Å². The standard InChI is InChI=1S/C14H13F3N4O/c1-9-6-18-8-11(21-9)4-5-19-13(22)12-3-2-10(7-20-12)14(15,16)17/h2-3,6-8H,4-5H2,1H3,(H,19,22). The Morgan fingerprint density at radius 3 is 2.59 bits per heavy atom. The molecule has 0 spiro atoms. The highest BCUT2D eigenvalue weighted by atomic mass is 19.4. The van der Waals surface area contributed by atoms with E-state index in [4.69, 9.17) is 0 Å². The van der Waals surface area contributed by atoms with E-state index in [-0.39, 0.29) is 5.69 Å². The molecule has 1 amide bonds. The Bertz CT molecular complexity index is 656. The van der Waals surface area contributed by atoms with E-state index in [1.54, 1.807) is 19.3 Å². The van der Waals surface area contributed by atoms with Crippen LogP contribution in [0.2, 0.25) is 0 Å². The van der Waals surface area contributed by atoms with Gasteiger partial charge < -0.3 is 5.32 Å². The van der Waals surface area contributed by atoms with Crippen LogP contribution < -0.4 is 5.32 Å². The monoisotopic (exact) mass is 310 g/mol. The molecule has 2 aromatic rings. The topological polar surface area (TPSA) is 67.8 Å². The molecule has 0 aliphatic heterocycles. The molecule has 116 valence electrons. The molecule has 0 saturated carbocycles. The van der Waals surface area contributed by atoms with Crippen molar-refractivity contribution in [2.45, 2.75) is 19.5 Å². The highest BCUT2D eigenvalue weighted by Gasteiger charge is 2.30. The van der Waals surface area contributed by atoms with E-state index in [1.807, 2.05) is 0 Å². The van der Waals surface area contributed by atoms with Gasteiger partial charge in [-0.2, -0.15) is 13.2 Å². The predicted molar refractivity (Wildman–Crippen MR) is 72.0 cm³/mol. The van der Waals surface area contributed by atoms with Gasteiger partial charge in [0.1, 0.15) is 5.69 Å². The molecule has 0 aromatic carbocycles. The zero-order valence-electron chi connectivity index (χ0n) is 11.7. The van der Waals surface area contributed by atoms with Crippen molar-refractivity contribution in [3.05, 3.63) is 53.4 Å². The van der Waals surface area contributed by atoms with Gasteiger partial charge in [0.05, 0.1) is 17.0 Å². The van der Waals surface area contributed by atoms with Crippen molar-refractivity contribution in [2.75, 3.05) is 6.54 Å². The van der Waals surface area contributed by atoms with Crippen LogP contribution in [0.15, 0.2) is 30.7 Å². The second-order valence-electron chi connectivity index (χ2n) is 4.59. The lowest BCUT2D eigenvalue weighted by atomic mass is 10.2. The van der Waals surface area contributed by atoms with Crippen LogP contribution in [0.5, 0.6) is 0 Å². The number of pyridine rings is 1. The number of rotatable bonds is 4. The molecule has 8 heteroatoms. The maximum absolute atomic E-state index is 12.4. The number of hydrogen-bond donors (Lipinski definition) is 1. The van der Waals surface area contributed by atoms with E-state index in [0.717, 1.165) is 23.5 Å². The Morgan fingerprint density at radius 2 is 2.00 bits per heavy atom. The van der Waals surface area contributed by atoms with Crippen LogP contribution in [0, 0.1) is 6.92 Å². The molecule has 2 heterocycles. The maximum atomic E-state index is 12.4. The molecule has 2 rings (SSSR count). The zero-order chi connectivity index (χ0) is 16.2. The van der Waals surface area contributed by atoms with E-state index >= 15 is 0 Å². The van der Waals surface area contributed by atoms with Crippen LogP contribution in [0.25, 0.3) is 0 Å². The number of carbonyl (C=O) groups excluding carboxylic acids is 1. The van der Waals surface area contributed by atoms with Gasteiger partial charge in [-0.05, 0) is 19.1 Å². The van der Waals surface area contributed by atoms with E-state index < -0.39 is 17.6 Å². The molecule has 0 atom stereocenters. The van der Waals surface area contributed by atoms with Crippen molar-refractivity contribution >= 4 is 5.91 Å². The van der Waals surface area contributed by atoms with E-state index in [1.165, 1.54) is 0 Å². The number of nitrogens with one attached hydrogen (secondary N) is 1. The first-order chi connectivity index (χ1) is 10.4. The minimum Gasteiger partial charge on any atom is -0.350 e. The summed E-state index contributed by atoms with van der Waals surface area (Å²) in [6, 6.07) is 1.87. The van der Waals surface area contributed by atoms with Crippen molar-refractivity contribution in [1.82, 2.24) is 20.3 Å². The van der Waals surface area contributed by atoms with Crippen LogP contribution in [0.3, 0.4) is 0 Å². The fraction of sp³-hybridized carbons (Fsp3) is 0.286. The van der Waals surface area contributed by atoms with Crippen LogP contribution >= 0.6 is 0 Å². The largest absolute Gasteiger partial charge is 0.417 e. The number of nitrogens with zero attached hydrogens (tertiary/aromatic N) is 3. The van der Waals surface area contributed by atoms with Crippen molar-refractivity contribution < 1.29 is 18.0 Å². The van der Waals surface area contributed by atoms with E-state index in [2.05, 4.69) is 20.3 Å². The molecule has 2 aromatic heterocycles. The minimum absolute atomic E-state index is 0.0664. The molecule has 0 aliphatic rings. The maximum Gasteiger partial charge on any atom is 0.417 e. The molecular formula is C14H13F3N4O. The van der Waals surface area contributed by atoms with E-state index in [0.29, 0.717) is 19.2 Å². The van der Waals surface area contributed by atoms with Crippen molar-refractivity contribution in [2.24, 2.45) is 0 Å². The molecule has 0 saturated heterocycles. The smallest absolute Gasteiger partial charge is 0.350 e. The number of aromatic nitrogens is 3. The molecular weight excluding hydrogens is 297 g/mol. The Kier molecular flexibility index (Phi) is 4.69. The molecule has 1 N–H and O–H groups in total. The molecule has 0 radical (unpaired) electrons. The van der Waals surface area contributed by atoms with Crippen LogP contribution in [-0.2, 0) is 12.6 Å². The average molecular weight is 310 g/mol. The lowest BCUT2D eigenvalue weighted by Gasteiger charge is -2.07. The van der Waals surface area contributed by atoms with Gasteiger partial charge in [0.2, 0.25) is 0 Å². The van der Waals surface area contributed by atoms with Gasteiger partial charge in [-0.1, -0.05) is 0 Å². The predicted octanol–water partition coefficient (Wildman–Crippen LogP) is 2.17. The second kappa shape index (κ2) is 6.50. The Labute approximate surface area is 124 Å². The first-order valence-corrected chi connectivity index (χ1v) is 6.45. The van der Waals surface area contributed by atoms with Gasteiger partial charge >= 0.3 is 6.18 Å². The Hall–Kier alpha value is -2.51. The summed E-state index contributed by atoms with van der Waals surface area (Å²) >= 11 is 0. The summed E-state index contributed by atoms with van der Waals surface area (Å²) in [6.07, 6.45) is -0.141. The first-order valence-electron chi connectivity index (χ1n) is 6.45. The summed E-state index contributed by atoms with van der Waals surface area (Å²) in [4.78, 5) is 23.5. The third-order valence-corrected chi connectivity index (χ3v) is 2.80. The quantitative estimate of drug-likeness (QED) is 0.940. The normalized spacial score (nSPS) is 11.3. The Morgan fingerprint density at radius 1 is 1.23 bits per heavy atom. The molecule has 0 aliphatic carbocycles. The highest BCUT2D eigenvalue weighted by Crippen LogP contribution is 2.28. The van der Waals surface area contributed by atoms with Gasteiger partial charge in [0.25, 0.3) is 5.91 Å². The summed E-state index contributed by atoms with van der Waals surface area (Å²) in [5.74, 6) is -0.533. The fourth-order valence-corrected chi connectivity index (χ4v) is 1.73. The zero-order valence-corrected chi connectivity index (χ0v) is 11.7. The third-order valence-electron chi connectivity index (χ3n) is 2.80. The molecule has 0 unspecified atom stereocenters. The van der Waals surface area contributed by atoms with Crippen molar-refractivity contribution in [3.8, 4) is 0 Å². The SMILES string of the molecule is Cc1cncc(CCNC(=O)c2ccc(C(F)(F)F)cn2)n1. The number of alkyl halides is 3. The summed E-state index contributed by atoms with van der Waals surface area (Å²) in [7, 11) is 0. The van der Waals surface area contributed by atoms with E-state index in [9.17, 15) is 18.0 Å². The van der Waals surface area contributed by atoms with Gasteiger partial charge in [0.15, 0.2) is 0 Å². The number of hydrogen-bond acceptors (Lipinski definition) is 4. The molecule has 0 bridgehead atoms. The van der Waals surface area contributed by atoms with Gasteiger partial charge in [0, 0.05) is 31.6 Å². The van der Waals surface area contributed by atoms with Gasteiger partial charge in [-0.15, -0.1) is 0 Å².